The Morgan fingerprint density at radius 2 is 2.04 bits per heavy atom. The number of rotatable bonds is 5. The second kappa shape index (κ2) is 6.99. The summed E-state index contributed by atoms with van der Waals surface area (Å²) in [5.41, 5.74) is 3.37. The molecule has 2 aromatic heterocycles. The molecule has 1 aromatic carbocycles. The lowest BCUT2D eigenvalue weighted by Gasteiger charge is -2.09. The van der Waals surface area contributed by atoms with Crippen LogP contribution in [0.1, 0.15) is 27.4 Å². The maximum Gasteiger partial charge on any atom is 0.259 e. The molecule has 126 valence electrons. The van der Waals surface area contributed by atoms with E-state index in [0.29, 0.717) is 5.75 Å². The first kappa shape index (κ1) is 17.0. The zero-order valence-corrected chi connectivity index (χ0v) is 15.9. The summed E-state index contributed by atoms with van der Waals surface area (Å²) in [6.45, 7) is 6.07. The third-order valence-corrected chi connectivity index (χ3v) is 6.11. The number of H-pyrrole nitrogens is 1. The number of aromatic amines is 1. The van der Waals surface area contributed by atoms with Gasteiger partial charge in [0, 0.05) is 16.2 Å². The van der Waals surface area contributed by atoms with E-state index >= 15 is 0 Å². The highest BCUT2D eigenvalue weighted by atomic mass is 32.2. The van der Waals surface area contributed by atoms with Crippen molar-refractivity contribution in [3.8, 4) is 5.75 Å². The number of nitrogens with one attached hydrogen (secondary N) is 1. The van der Waals surface area contributed by atoms with Crippen molar-refractivity contribution in [1.29, 1.82) is 0 Å². The van der Waals surface area contributed by atoms with Gasteiger partial charge in [0.1, 0.15) is 16.4 Å². The molecule has 0 saturated carbocycles. The molecule has 0 bridgehead atoms. The van der Waals surface area contributed by atoms with Crippen LogP contribution in [0.15, 0.2) is 23.0 Å². The lowest BCUT2D eigenvalue weighted by molar-refractivity contribution is 0.411. The fourth-order valence-electron chi connectivity index (χ4n) is 2.65. The Labute approximate surface area is 149 Å². The van der Waals surface area contributed by atoms with E-state index < -0.39 is 0 Å². The lowest BCUT2D eigenvalue weighted by Crippen LogP contribution is -2.10. The van der Waals surface area contributed by atoms with Crippen LogP contribution in [0.5, 0.6) is 5.75 Å². The number of nitrogens with zero attached hydrogens (tertiary/aromatic N) is 1. The normalized spacial score (nSPS) is 11.2. The summed E-state index contributed by atoms with van der Waals surface area (Å²) in [7, 11) is 1.69. The van der Waals surface area contributed by atoms with Crippen molar-refractivity contribution in [2.75, 3.05) is 7.11 Å². The van der Waals surface area contributed by atoms with E-state index in [2.05, 4.69) is 23.0 Å². The molecule has 0 saturated heterocycles. The third-order valence-electron chi connectivity index (χ3n) is 4.02. The maximum atomic E-state index is 12.3. The van der Waals surface area contributed by atoms with Gasteiger partial charge in [0.25, 0.3) is 5.56 Å². The number of aryl methyl sites for hydroxylation is 3. The quantitative estimate of drug-likeness (QED) is 0.735. The second-order valence-electron chi connectivity index (χ2n) is 5.78. The Hall–Kier alpha value is -1.79. The molecule has 3 aromatic rings. The monoisotopic (exact) mass is 360 g/mol. The van der Waals surface area contributed by atoms with Gasteiger partial charge in [-0.05, 0) is 32.4 Å². The topological polar surface area (TPSA) is 55.0 Å². The van der Waals surface area contributed by atoms with Crippen LogP contribution in [0, 0.1) is 20.8 Å². The fourth-order valence-corrected chi connectivity index (χ4v) is 4.57. The van der Waals surface area contributed by atoms with Gasteiger partial charge in [-0.2, -0.15) is 0 Å². The highest BCUT2D eigenvalue weighted by Gasteiger charge is 2.12. The predicted octanol–water partition coefficient (Wildman–Crippen LogP) is 4.35. The Morgan fingerprint density at radius 3 is 2.79 bits per heavy atom. The van der Waals surface area contributed by atoms with Crippen molar-refractivity contribution in [1.82, 2.24) is 9.97 Å². The van der Waals surface area contributed by atoms with Crippen LogP contribution in [0.25, 0.3) is 10.2 Å². The SMILES string of the molecule is COc1ccc(C)cc1CSCc1nc2sc(C)c(C)c2c(=O)[nH]1. The van der Waals surface area contributed by atoms with Gasteiger partial charge in [-0.15, -0.1) is 23.1 Å². The van der Waals surface area contributed by atoms with Gasteiger partial charge in [0.15, 0.2) is 0 Å². The van der Waals surface area contributed by atoms with Crippen LogP contribution in [-0.2, 0) is 11.5 Å². The van der Waals surface area contributed by atoms with Crippen LogP contribution in [-0.4, -0.2) is 17.1 Å². The van der Waals surface area contributed by atoms with E-state index in [1.54, 1.807) is 30.2 Å². The van der Waals surface area contributed by atoms with Crippen LogP contribution in [0.2, 0.25) is 0 Å². The summed E-state index contributed by atoms with van der Waals surface area (Å²) in [4.78, 5) is 21.8. The van der Waals surface area contributed by atoms with Crippen LogP contribution in [0.4, 0.5) is 0 Å². The van der Waals surface area contributed by atoms with Gasteiger partial charge in [-0.1, -0.05) is 17.7 Å². The summed E-state index contributed by atoms with van der Waals surface area (Å²) in [6.07, 6.45) is 0. The van der Waals surface area contributed by atoms with Crippen molar-refractivity contribution in [2.45, 2.75) is 32.3 Å². The van der Waals surface area contributed by atoms with Crippen molar-refractivity contribution in [3.63, 3.8) is 0 Å². The van der Waals surface area contributed by atoms with Crippen molar-refractivity contribution in [3.05, 3.63) is 55.9 Å². The van der Waals surface area contributed by atoms with E-state index in [0.717, 1.165) is 43.5 Å². The predicted molar refractivity (Wildman–Crippen MR) is 102 cm³/mol. The zero-order valence-electron chi connectivity index (χ0n) is 14.2. The molecular formula is C18H20N2O2S2. The highest BCUT2D eigenvalue weighted by Crippen LogP contribution is 2.28. The number of fused-ring (bicyclic) bond motifs is 1. The number of benzene rings is 1. The van der Waals surface area contributed by atoms with Gasteiger partial charge in [0.05, 0.1) is 18.2 Å². The molecule has 2 heterocycles. The molecule has 0 atom stereocenters. The molecular weight excluding hydrogens is 340 g/mol. The van der Waals surface area contributed by atoms with Crippen molar-refractivity contribution < 1.29 is 4.74 Å². The number of hydrogen-bond acceptors (Lipinski definition) is 5. The first-order chi connectivity index (χ1) is 11.5. The van der Waals surface area contributed by atoms with Gasteiger partial charge in [-0.3, -0.25) is 4.79 Å². The van der Waals surface area contributed by atoms with E-state index in [9.17, 15) is 4.79 Å². The minimum absolute atomic E-state index is 0.0365. The lowest BCUT2D eigenvalue weighted by atomic mass is 10.1. The minimum Gasteiger partial charge on any atom is -0.496 e. The number of thioether (sulfide) groups is 1. The van der Waals surface area contributed by atoms with Gasteiger partial charge in [-0.25, -0.2) is 4.98 Å². The number of methoxy groups -OCH3 is 1. The van der Waals surface area contributed by atoms with Crippen LogP contribution in [0.3, 0.4) is 0 Å². The van der Waals surface area contributed by atoms with E-state index in [-0.39, 0.29) is 5.56 Å². The smallest absolute Gasteiger partial charge is 0.259 e. The molecule has 0 aliphatic heterocycles. The minimum atomic E-state index is -0.0365. The van der Waals surface area contributed by atoms with Gasteiger partial charge >= 0.3 is 0 Å². The largest absolute Gasteiger partial charge is 0.496 e. The third kappa shape index (κ3) is 3.35. The number of hydrogen-bond donors (Lipinski definition) is 1. The Balaban J connectivity index is 1.77. The molecule has 0 aliphatic rings. The highest BCUT2D eigenvalue weighted by molar-refractivity contribution is 7.97. The summed E-state index contributed by atoms with van der Waals surface area (Å²) in [5.74, 6) is 3.10. The second-order valence-corrected chi connectivity index (χ2v) is 7.97. The molecule has 0 fully saturated rings. The summed E-state index contributed by atoms with van der Waals surface area (Å²) < 4.78 is 5.41. The number of ether oxygens (including phenoxy) is 1. The molecule has 3 rings (SSSR count). The van der Waals surface area contributed by atoms with Crippen molar-refractivity contribution >= 4 is 33.3 Å². The molecule has 4 nitrogen and oxygen atoms in total. The molecule has 24 heavy (non-hydrogen) atoms. The zero-order chi connectivity index (χ0) is 17.3. The van der Waals surface area contributed by atoms with E-state index in [1.165, 1.54) is 5.56 Å². The maximum absolute atomic E-state index is 12.3. The molecule has 0 spiro atoms. The van der Waals surface area contributed by atoms with Crippen LogP contribution < -0.4 is 10.3 Å². The van der Waals surface area contributed by atoms with E-state index in [1.807, 2.05) is 26.0 Å². The number of thiophene rings is 1. The van der Waals surface area contributed by atoms with E-state index in [4.69, 9.17) is 4.74 Å². The molecule has 6 heteroatoms. The molecule has 0 amide bonds. The summed E-state index contributed by atoms with van der Waals surface area (Å²) >= 11 is 3.30. The standard InChI is InChI=1S/C18H20N2O2S2/c1-10-5-6-14(22-4)13(7-10)8-23-9-15-19-17(21)16-11(2)12(3)24-18(16)20-15/h5-7H,8-9H2,1-4H3,(H,19,20,21). The number of aromatic nitrogens is 2. The Bertz CT molecular complexity index is 944. The first-order valence-corrected chi connectivity index (χ1v) is 9.67. The van der Waals surface area contributed by atoms with Crippen LogP contribution >= 0.6 is 23.1 Å². The average molecular weight is 361 g/mol. The van der Waals surface area contributed by atoms with Gasteiger partial charge < -0.3 is 9.72 Å². The molecule has 1 N–H and O–H groups in total. The van der Waals surface area contributed by atoms with Crippen molar-refractivity contribution in [2.24, 2.45) is 0 Å². The molecule has 0 radical (unpaired) electrons. The fraction of sp³-hybridized carbons (Fsp3) is 0.333. The summed E-state index contributed by atoms with van der Waals surface area (Å²) in [6, 6.07) is 6.17. The Morgan fingerprint density at radius 1 is 1.25 bits per heavy atom. The Kier molecular flexibility index (Phi) is 4.96. The average Bonchev–Trinajstić information content (AvgIpc) is 2.82. The summed E-state index contributed by atoms with van der Waals surface area (Å²) in [5, 5.41) is 0.728. The molecule has 0 unspecified atom stereocenters. The van der Waals surface area contributed by atoms with Gasteiger partial charge in [0.2, 0.25) is 0 Å². The molecule has 0 aliphatic carbocycles. The first-order valence-electron chi connectivity index (χ1n) is 7.69.